The summed E-state index contributed by atoms with van der Waals surface area (Å²) in [6, 6.07) is 21.5. The molecule has 0 atom stereocenters. The average Bonchev–Trinajstić information content (AvgIpc) is 2.73. The number of para-hydroxylation sites is 2. The Morgan fingerprint density at radius 1 is 0.867 bits per heavy atom. The van der Waals surface area contributed by atoms with Gasteiger partial charge in [0.15, 0.2) is 6.61 Å². The molecule has 0 saturated carbocycles. The molecular weight excluding hydrogens is 406 g/mol. The third-order valence-corrected chi connectivity index (χ3v) is 4.89. The van der Waals surface area contributed by atoms with E-state index in [4.69, 9.17) is 9.88 Å². The third-order valence-electron chi connectivity index (χ3n) is 3.98. The summed E-state index contributed by atoms with van der Waals surface area (Å²) in [5.74, 6) is -1.30. The number of carbonyl (C=O) groups is 2. The highest BCUT2D eigenvalue weighted by molar-refractivity contribution is 7.89. The lowest BCUT2D eigenvalue weighted by Gasteiger charge is -2.12. The second-order valence-corrected chi connectivity index (χ2v) is 7.80. The van der Waals surface area contributed by atoms with Gasteiger partial charge in [0.25, 0.3) is 5.91 Å². The van der Waals surface area contributed by atoms with Crippen molar-refractivity contribution in [1.82, 2.24) is 0 Å². The average molecular weight is 425 g/mol. The van der Waals surface area contributed by atoms with Gasteiger partial charge >= 0.3 is 5.97 Å². The van der Waals surface area contributed by atoms with Gasteiger partial charge in [-0.3, -0.25) is 4.79 Å². The summed E-state index contributed by atoms with van der Waals surface area (Å²) in [4.78, 5) is 24.4. The molecule has 0 spiro atoms. The van der Waals surface area contributed by atoms with E-state index >= 15 is 0 Å². The first-order valence-electron chi connectivity index (χ1n) is 8.84. The Hall–Kier alpha value is -3.69. The maximum atomic E-state index is 12.5. The highest BCUT2D eigenvalue weighted by Gasteiger charge is 2.15. The fourth-order valence-electron chi connectivity index (χ4n) is 2.60. The van der Waals surface area contributed by atoms with Crippen molar-refractivity contribution < 1.29 is 22.7 Å². The van der Waals surface area contributed by atoms with E-state index in [-0.39, 0.29) is 16.1 Å². The molecule has 0 aromatic heterocycles. The number of anilines is 3. The summed E-state index contributed by atoms with van der Waals surface area (Å²) in [7, 11) is -3.90. The predicted octanol–water partition coefficient (Wildman–Crippen LogP) is 2.87. The Kier molecular flexibility index (Phi) is 6.45. The topological polar surface area (TPSA) is 128 Å². The molecular formula is C21H19N3O5S. The van der Waals surface area contributed by atoms with Gasteiger partial charge in [-0.2, -0.15) is 0 Å². The Balaban J connectivity index is 1.63. The van der Waals surface area contributed by atoms with E-state index in [0.29, 0.717) is 5.69 Å². The van der Waals surface area contributed by atoms with Gasteiger partial charge in [-0.25, -0.2) is 18.4 Å². The minimum absolute atomic E-state index is 0.141. The van der Waals surface area contributed by atoms with Gasteiger partial charge in [0.1, 0.15) is 0 Å². The number of carbonyl (C=O) groups excluding carboxylic acids is 2. The molecule has 3 aromatic rings. The summed E-state index contributed by atoms with van der Waals surface area (Å²) >= 11 is 0. The van der Waals surface area contributed by atoms with E-state index in [0.717, 1.165) is 5.69 Å². The van der Waals surface area contributed by atoms with E-state index in [9.17, 15) is 18.0 Å². The fourth-order valence-corrected chi connectivity index (χ4v) is 3.16. The standard InChI is InChI=1S/C21H19N3O5S/c22-30(27,28)17-10-6-9-16(13-17)24-20(25)14-29-21(26)18-11-4-5-12-19(18)23-15-7-2-1-3-8-15/h1-13,23H,14H2,(H,24,25)(H2,22,27,28). The van der Waals surface area contributed by atoms with Crippen LogP contribution in [0.4, 0.5) is 17.1 Å². The number of benzene rings is 3. The van der Waals surface area contributed by atoms with Crippen molar-refractivity contribution in [2.45, 2.75) is 4.90 Å². The summed E-state index contributed by atoms with van der Waals surface area (Å²) in [5, 5.41) is 10.7. The van der Waals surface area contributed by atoms with Crippen molar-refractivity contribution in [2.24, 2.45) is 5.14 Å². The number of ether oxygens (including phenoxy) is 1. The molecule has 3 aromatic carbocycles. The number of primary sulfonamides is 1. The largest absolute Gasteiger partial charge is 0.452 e. The van der Waals surface area contributed by atoms with Crippen LogP contribution in [0, 0.1) is 0 Å². The van der Waals surface area contributed by atoms with Gasteiger partial charge < -0.3 is 15.4 Å². The first-order valence-corrected chi connectivity index (χ1v) is 10.4. The lowest BCUT2D eigenvalue weighted by molar-refractivity contribution is -0.119. The normalized spacial score (nSPS) is 10.8. The molecule has 8 nitrogen and oxygen atoms in total. The Morgan fingerprint density at radius 2 is 1.53 bits per heavy atom. The Bertz CT molecular complexity index is 1160. The van der Waals surface area contributed by atoms with Crippen LogP contribution in [-0.4, -0.2) is 26.9 Å². The van der Waals surface area contributed by atoms with Crippen molar-refractivity contribution >= 4 is 39.0 Å². The lowest BCUT2D eigenvalue weighted by Crippen LogP contribution is -2.21. The van der Waals surface area contributed by atoms with Gasteiger partial charge in [-0.1, -0.05) is 36.4 Å². The van der Waals surface area contributed by atoms with Crippen LogP contribution in [0.25, 0.3) is 0 Å². The first-order chi connectivity index (χ1) is 14.3. The van der Waals surface area contributed by atoms with Crippen molar-refractivity contribution in [1.29, 1.82) is 0 Å². The molecule has 0 fully saturated rings. The van der Waals surface area contributed by atoms with Gasteiger partial charge in [0.05, 0.1) is 16.1 Å². The monoisotopic (exact) mass is 425 g/mol. The van der Waals surface area contributed by atoms with E-state index in [2.05, 4.69) is 10.6 Å². The van der Waals surface area contributed by atoms with E-state index < -0.39 is 28.5 Å². The molecule has 0 bridgehead atoms. The van der Waals surface area contributed by atoms with Crippen molar-refractivity contribution in [2.75, 3.05) is 17.2 Å². The molecule has 0 unspecified atom stereocenters. The highest BCUT2D eigenvalue weighted by atomic mass is 32.2. The van der Waals surface area contributed by atoms with Crippen LogP contribution in [0.2, 0.25) is 0 Å². The van der Waals surface area contributed by atoms with E-state index in [1.807, 2.05) is 30.3 Å². The summed E-state index contributed by atoms with van der Waals surface area (Å²) in [6.07, 6.45) is 0. The molecule has 3 rings (SSSR count). The molecule has 154 valence electrons. The Labute approximate surface area is 173 Å². The number of rotatable bonds is 7. The first kappa shape index (κ1) is 21.0. The van der Waals surface area contributed by atoms with Gasteiger partial charge in [0.2, 0.25) is 10.0 Å². The van der Waals surface area contributed by atoms with Gasteiger partial charge in [-0.05, 0) is 42.5 Å². The number of nitrogens with two attached hydrogens (primary N) is 1. The van der Waals surface area contributed by atoms with Crippen LogP contribution in [0.1, 0.15) is 10.4 Å². The molecule has 0 aliphatic heterocycles. The number of hydrogen-bond acceptors (Lipinski definition) is 6. The summed E-state index contributed by atoms with van der Waals surface area (Å²) in [6.45, 7) is -0.544. The molecule has 30 heavy (non-hydrogen) atoms. The molecule has 0 radical (unpaired) electrons. The molecule has 0 heterocycles. The van der Waals surface area contributed by atoms with Crippen LogP contribution in [0.5, 0.6) is 0 Å². The second-order valence-electron chi connectivity index (χ2n) is 6.23. The zero-order chi connectivity index (χ0) is 21.6. The number of amides is 1. The van der Waals surface area contributed by atoms with Crippen LogP contribution in [0.15, 0.2) is 83.8 Å². The number of sulfonamides is 1. The molecule has 0 aliphatic carbocycles. The van der Waals surface area contributed by atoms with Crippen LogP contribution < -0.4 is 15.8 Å². The molecule has 0 saturated heterocycles. The molecule has 9 heteroatoms. The number of nitrogens with one attached hydrogen (secondary N) is 2. The van der Waals surface area contributed by atoms with Gasteiger partial charge in [-0.15, -0.1) is 0 Å². The molecule has 4 N–H and O–H groups in total. The quantitative estimate of drug-likeness (QED) is 0.500. The minimum Gasteiger partial charge on any atom is -0.452 e. The number of hydrogen-bond donors (Lipinski definition) is 3. The zero-order valence-electron chi connectivity index (χ0n) is 15.7. The maximum absolute atomic E-state index is 12.5. The lowest BCUT2D eigenvalue weighted by atomic mass is 10.1. The van der Waals surface area contributed by atoms with Crippen molar-refractivity contribution in [3.05, 3.63) is 84.4 Å². The number of esters is 1. The molecule has 0 aliphatic rings. The van der Waals surface area contributed by atoms with E-state index in [1.54, 1.807) is 24.3 Å². The smallest absolute Gasteiger partial charge is 0.340 e. The predicted molar refractivity (Wildman–Crippen MR) is 113 cm³/mol. The van der Waals surface area contributed by atoms with Crippen LogP contribution >= 0.6 is 0 Å². The SMILES string of the molecule is NS(=O)(=O)c1cccc(NC(=O)COC(=O)c2ccccc2Nc2ccccc2)c1. The van der Waals surface area contributed by atoms with Crippen LogP contribution in [-0.2, 0) is 19.6 Å². The third kappa shape index (κ3) is 5.66. The zero-order valence-corrected chi connectivity index (χ0v) is 16.6. The minimum atomic E-state index is -3.90. The Morgan fingerprint density at radius 3 is 2.27 bits per heavy atom. The fraction of sp³-hybridized carbons (Fsp3) is 0.0476. The summed E-state index contributed by atoms with van der Waals surface area (Å²) < 4.78 is 27.9. The highest BCUT2D eigenvalue weighted by Crippen LogP contribution is 2.21. The van der Waals surface area contributed by atoms with Gasteiger partial charge in [0, 0.05) is 11.4 Å². The maximum Gasteiger partial charge on any atom is 0.340 e. The van der Waals surface area contributed by atoms with E-state index in [1.165, 1.54) is 24.3 Å². The van der Waals surface area contributed by atoms with Crippen LogP contribution in [0.3, 0.4) is 0 Å². The molecule has 1 amide bonds. The summed E-state index contributed by atoms with van der Waals surface area (Å²) in [5.41, 5.74) is 1.82. The second kappa shape index (κ2) is 9.21. The van der Waals surface area contributed by atoms with Crippen molar-refractivity contribution in [3.63, 3.8) is 0 Å². The van der Waals surface area contributed by atoms with Crippen molar-refractivity contribution in [3.8, 4) is 0 Å².